The molecule has 0 bridgehead atoms. The van der Waals surface area contributed by atoms with Crippen LogP contribution in [-0.4, -0.2) is 44.1 Å². The van der Waals surface area contributed by atoms with Crippen LogP contribution in [0.15, 0.2) is 30.5 Å². The van der Waals surface area contributed by atoms with Gasteiger partial charge in [-0.2, -0.15) is 13.2 Å². The van der Waals surface area contributed by atoms with E-state index in [0.29, 0.717) is 5.82 Å². The number of rotatable bonds is 2. The summed E-state index contributed by atoms with van der Waals surface area (Å²) in [4.78, 5) is 13.7. The second-order valence-corrected chi connectivity index (χ2v) is 6.30. The van der Waals surface area contributed by atoms with Crippen molar-refractivity contribution in [2.24, 2.45) is 7.05 Å². The number of piperidine rings is 1. The molecule has 0 radical (unpaired) electrons. The van der Waals surface area contributed by atoms with E-state index in [9.17, 15) is 23.1 Å². The number of halogens is 3. The Morgan fingerprint density at radius 2 is 2.00 bits per heavy atom. The van der Waals surface area contributed by atoms with Gasteiger partial charge in [-0.05, 0) is 30.5 Å². The van der Waals surface area contributed by atoms with E-state index in [1.807, 2.05) is 0 Å². The average molecular weight is 369 g/mol. The first-order chi connectivity index (χ1) is 12.2. The zero-order chi connectivity index (χ0) is 18.9. The molecule has 2 heterocycles. The van der Waals surface area contributed by atoms with Crippen molar-refractivity contribution in [2.45, 2.75) is 24.6 Å². The van der Waals surface area contributed by atoms with Crippen LogP contribution in [0.2, 0.25) is 0 Å². The molecule has 7 nitrogen and oxygen atoms in total. The van der Waals surface area contributed by atoms with E-state index in [1.165, 1.54) is 21.7 Å². The number of hydrogen-bond donors (Lipinski definition) is 2. The van der Waals surface area contributed by atoms with Crippen LogP contribution < -0.4 is 5.32 Å². The molecule has 3 rings (SSSR count). The smallest absolute Gasteiger partial charge is 0.385 e. The maximum absolute atomic E-state index is 12.9. The van der Waals surface area contributed by atoms with E-state index in [1.54, 1.807) is 13.2 Å². The summed E-state index contributed by atoms with van der Waals surface area (Å²) in [6.45, 7) is 0.414. The van der Waals surface area contributed by atoms with E-state index in [-0.39, 0.29) is 31.5 Å². The number of nitrogens with zero attached hydrogens (tertiary/aromatic N) is 4. The molecule has 1 aliphatic heterocycles. The summed E-state index contributed by atoms with van der Waals surface area (Å²) in [5.41, 5.74) is -1.99. The zero-order valence-corrected chi connectivity index (χ0v) is 14.0. The quantitative estimate of drug-likeness (QED) is 0.851. The van der Waals surface area contributed by atoms with Crippen LogP contribution in [0, 0.1) is 0 Å². The number of carbonyl (C=O) groups excluding carboxylic acids is 1. The van der Waals surface area contributed by atoms with Crippen LogP contribution in [-0.2, 0) is 18.8 Å². The Kier molecular flexibility index (Phi) is 4.61. The molecule has 10 heteroatoms. The van der Waals surface area contributed by atoms with E-state index < -0.39 is 23.4 Å². The molecule has 0 saturated carbocycles. The minimum absolute atomic E-state index is 0.141. The second kappa shape index (κ2) is 6.60. The number of carbonyl (C=O) groups is 1. The normalized spacial score (nSPS) is 17.2. The molecular formula is C16H18F3N5O2. The maximum Gasteiger partial charge on any atom is 0.416 e. The molecular weight excluding hydrogens is 351 g/mol. The summed E-state index contributed by atoms with van der Waals surface area (Å²) < 4.78 is 40.1. The minimum Gasteiger partial charge on any atom is -0.385 e. The van der Waals surface area contributed by atoms with Crippen LogP contribution >= 0.6 is 0 Å². The van der Waals surface area contributed by atoms with Gasteiger partial charge in [-0.3, -0.25) is 10.00 Å². The molecule has 1 saturated heterocycles. The number of nitrogens with one attached hydrogen (secondary N) is 1. The van der Waals surface area contributed by atoms with Crippen LogP contribution in [0.3, 0.4) is 0 Å². The third kappa shape index (κ3) is 3.79. The molecule has 1 aromatic carbocycles. The van der Waals surface area contributed by atoms with Gasteiger partial charge in [0.2, 0.25) is 0 Å². The number of aliphatic hydroxyl groups is 1. The van der Waals surface area contributed by atoms with Gasteiger partial charge in [0, 0.05) is 20.1 Å². The first kappa shape index (κ1) is 18.2. The zero-order valence-electron chi connectivity index (χ0n) is 14.0. The van der Waals surface area contributed by atoms with Gasteiger partial charge < -0.3 is 10.0 Å². The van der Waals surface area contributed by atoms with Gasteiger partial charge in [0.05, 0.1) is 17.4 Å². The molecule has 0 unspecified atom stereocenters. The van der Waals surface area contributed by atoms with Gasteiger partial charge in [-0.15, -0.1) is 5.10 Å². The molecule has 140 valence electrons. The van der Waals surface area contributed by atoms with Gasteiger partial charge in [0.1, 0.15) is 0 Å². The summed E-state index contributed by atoms with van der Waals surface area (Å²) in [7, 11) is 1.67. The van der Waals surface area contributed by atoms with Crippen LogP contribution in [0.4, 0.5) is 23.8 Å². The largest absolute Gasteiger partial charge is 0.416 e. The fraction of sp³-hybridized carbons (Fsp3) is 0.438. The highest BCUT2D eigenvalue weighted by molar-refractivity contribution is 5.88. The molecule has 1 aliphatic rings. The number of anilines is 1. The molecule has 2 N–H and O–H groups in total. The number of aryl methyl sites for hydroxylation is 1. The molecule has 1 aromatic heterocycles. The summed E-state index contributed by atoms with van der Waals surface area (Å²) in [6, 6.07) is 4.30. The summed E-state index contributed by atoms with van der Waals surface area (Å²) in [5, 5.41) is 20.8. The molecule has 0 aliphatic carbocycles. The molecule has 0 spiro atoms. The van der Waals surface area contributed by atoms with Crippen molar-refractivity contribution in [2.75, 3.05) is 18.4 Å². The van der Waals surface area contributed by atoms with Crippen molar-refractivity contribution in [3.05, 3.63) is 41.6 Å². The Bertz CT molecular complexity index is 797. The Balaban J connectivity index is 1.66. The van der Waals surface area contributed by atoms with Gasteiger partial charge in [-0.1, -0.05) is 17.3 Å². The van der Waals surface area contributed by atoms with E-state index in [2.05, 4.69) is 15.6 Å². The predicted molar refractivity (Wildman–Crippen MR) is 86.2 cm³/mol. The van der Waals surface area contributed by atoms with Crippen molar-refractivity contribution in [1.82, 2.24) is 19.9 Å². The summed E-state index contributed by atoms with van der Waals surface area (Å²) in [6.07, 6.45) is -2.64. The van der Waals surface area contributed by atoms with E-state index >= 15 is 0 Å². The lowest BCUT2D eigenvalue weighted by Crippen LogP contribution is -2.46. The predicted octanol–water partition coefficient (Wildman–Crippen LogP) is 2.35. The van der Waals surface area contributed by atoms with Gasteiger partial charge in [-0.25, -0.2) is 4.79 Å². The van der Waals surface area contributed by atoms with Crippen molar-refractivity contribution >= 4 is 11.8 Å². The highest BCUT2D eigenvalue weighted by atomic mass is 19.4. The Morgan fingerprint density at radius 3 is 2.58 bits per heavy atom. The van der Waals surface area contributed by atoms with Crippen molar-refractivity contribution < 1.29 is 23.1 Å². The second-order valence-electron chi connectivity index (χ2n) is 6.30. The number of likely N-dealkylation sites (tertiary alicyclic amines) is 1. The number of hydrogen-bond acceptors (Lipinski definition) is 4. The fourth-order valence-corrected chi connectivity index (χ4v) is 2.95. The van der Waals surface area contributed by atoms with Crippen LogP contribution in [0.5, 0.6) is 0 Å². The first-order valence-electron chi connectivity index (χ1n) is 8.00. The molecule has 2 aromatic rings. The summed E-state index contributed by atoms with van der Waals surface area (Å²) >= 11 is 0. The van der Waals surface area contributed by atoms with Crippen LogP contribution in [0.25, 0.3) is 0 Å². The Morgan fingerprint density at radius 1 is 1.31 bits per heavy atom. The van der Waals surface area contributed by atoms with Gasteiger partial charge in [0.15, 0.2) is 5.82 Å². The summed E-state index contributed by atoms with van der Waals surface area (Å²) in [5.74, 6) is 0.302. The fourth-order valence-electron chi connectivity index (χ4n) is 2.95. The molecule has 1 fully saturated rings. The highest BCUT2D eigenvalue weighted by Crippen LogP contribution is 2.36. The SMILES string of the molecule is Cn1cc(NC(=O)N2CCC(O)(c3cccc(C(F)(F)F)c3)CC2)nn1. The van der Waals surface area contributed by atoms with Gasteiger partial charge in [0.25, 0.3) is 0 Å². The lowest BCUT2D eigenvalue weighted by atomic mass is 9.84. The van der Waals surface area contributed by atoms with Crippen molar-refractivity contribution in [3.63, 3.8) is 0 Å². The lowest BCUT2D eigenvalue weighted by molar-refractivity contribution is -0.137. The third-order valence-electron chi connectivity index (χ3n) is 4.44. The molecule has 26 heavy (non-hydrogen) atoms. The van der Waals surface area contributed by atoms with E-state index in [4.69, 9.17) is 0 Å². The monoisotopic (exact) mass is 369 g/mol. The Hall–Kier alpha value is -2.62. The standard InChI is InChI=1S/C16H18F3N5O2/c1-23-10-13(21-22-23)20-14(25)24-7-5-15(26,6-8-24)11-3-2-4-12(9-11)16(17,18)19/h2-4,9-10,26H,5-8H2,1H3,(H,20,25). The number of alkyl halides is 3. The molecule has 2 amide bonds. The average Bonchev–Trinajstić information content (AvgIpc) is 2.99. The number of benzene rings is 1. The van der Waals surface area contributed by atoms with Crippen LogP contribution in [0.1, 0.15) is 24.0 Å². The maximum atomic E-state index is 12.9. The van der Waals surface area contributed by atoms with Crippen molar-refractivity contribution in [3.8, 4) is 0 Å². The third-order valence-corrected chi connectivity index (χ3v) is 4.44. The first-order valence-corrected chi connectivity index (χ1v) is 8.00. The Labute approximate surface area is 147 Å². The lowest BCUT2D eigenvalue weighted by Gasteiger charge is -2.38. The number of urea groups is 1. The number of amides is 2. The van der Waals surface area contributed by atoms with Crippen molar-refractivity contribution in [1.29, 1.82) is 0 Å². The highest BCUT2D eigenvalue weighted by Gasteiger charge is 2.38. The topological polar surface area (TPSA) is 83.3 Å². The molecule has 0 atom stereocenters. The van der Waals surface area contributed by atoms with Gasteiger partial charge >= 0.3 is 12.2 Å². The minimum atomic E-state index is -4.47. The van der Waals surface area contributed by atoms with E-state index in [0.717, 1.165) is 12.1 Å². The number of aromatic nitrogens is 3.